The molecule has 0 bridgehead atoms. The number of nitrogens with one attached hydrogen (secondary N) is 1. The van der Waals surface area contributed by atoms with Gasteiger partial charge in [0, 0.05) is 5.56 Å². The first kappa shape index (κ1) is 9.81. The summed E-state index contributed by atoms with van der Waals surface area (Å²) in [5.41, 5.74) is 0.544. The van der Waals surface area contributed by atoms with Gasteiger partial charge in [-0.05, 0) is 12.1 Å². The number of rotatable bonds is 2. The second-order valence-corrected chi connectivity index (χ2v) is 4.26. The molecule has 0 radical (unpaired) electrons. The Kier molecular flexibility index (Phi) is 2.25. The molecule has 0 aliphatic carbocycles. The molecule has 15 heavy (non-hydrogen) atoms. The molecule has 78 valence electrons. The minimum Gasteiger partial charge on any atom is -0.282 e. The van der Waals surface area contributed by atoms with Crippen LogP contribution < -0.4 is 0 Å². The fourth-order valence-corrected chi connectivity index (χ4v) is 1.67. The van der Waals surface area contributed by atoms with Crippen molar-refractivity contribution >= 4 is 10.1 Å². The maximum atomic E-state index is 10.9. The molecule has 0 unspecified atom stereocenters. The number of aromatic nitrogens is 3. The molecule has 1 aromatic carbocycles. The maximum absolute atomic E-state index is 10.9. The van der Waals surface area contributed by atoms with Crippen LogP contribution in [-0.4, -0.2) is 28.2 Å². The Morgan fingerprint density at radius 2 is 2.13 bits per heavy atom. The van der Waals surface area contributed by atoms with Gasteiger partial charge in [-0.1, -0.05) is 12.1 Å². The van der Waals surface area contributed by atoms with E-state index in [2.05, 4.69) is 15.2 Å². The summed E-state index contributed by atoms with van der Waals surface area (Å²) < 4.78 is 30.6. The largest absolute Gasteiger partial charge is 0.294 e. The van der Waals surface area contributed by atoms with Gasteiger partial charge < -0.3 is 0 Å². The number of aromatic amines is 1. The van der Waals surface area contributed by atoms with Gasteiger partial charge in [0.2, 0.25) is 0 Å². The van der Waals surface area contributed by atoms with Crippen LogP contribution in [-0.2, 0) is 10.1 Å². The van der Waals surface area contributed by atoms with Crippen molar-refractivity contribution in [1.29, 1.82) is 0 Å². The summed E-state index contributed by atoms with van der Waals surface area (Å²) in [4.78, 5) is 3.70. The van der Waals surface area contributed by atoms with Crippen molar-refractivity contribution in [3.05, 3.63) is 30.6 Å². The zero-order valence-electron chi connectivity index (χ0n) is 7.45. The second kappa shape index (κ2) is 3.44. The third-order valence-corrected chi connectivity index (χ3v) is 2.67. The van der Waals surface area contributed by atoms with Gasteiger partial charge in [0.1, 0.15) is 6.33 Å². The minimum atomic E-state index is -4.18. The molecule has 0 saturated heterocycles. The Balaban J connectivity index is 2.53. The van der Waals surface area contributed by atoms with Crippen LogP contribution in [0.25, 0.3) is 11.4 Å². The molecule has 1 heterocycles. The number of benzene rings is 1. The fraction of sp³-hybridized carbons (Fsp3) is 0. The third-order valence-electron chi connectivity index (χ3n) is 1.82. The Labute approximate surface area is 85.7 Å². The highest BCUT2D eigenvalue weighted by molar-refractivity contribution is 7.85. The summed E-state index contributed by atoms with van der Waals surface area (Å²) in [6.07, 6.45) is 1.31. The van der Waals surface area contributed by atoms with E-state index in [1.165, 1.54) is 24.5 Å². The van der Waals surface area contributed by atoms with Gasteiger partial charge in [0.15, 0.2) is 5.82 Å². The van der Waals surface area contributed by atoms with Gasteiger partial charge in [0.05, 0.1) is 4.90 Å². The summed E-state index contributed by atoms with van der Waals surface area (Å²) in [7, 11) is -4.18. The van der Waals surface area contributed by atoms with Crippen LogP contribution in [0.1, 0.15) is 0 Å². The van der Waals surface area contributed by atoms with E-state index in [-0.39, 0.29) is 4.90 Å². The van der Waals surface area contributed by atoms with Crippen LogP contribution in [0.2, 0.25) is 0 Å². The van der Waals surface area contributed by atoms with Crippen molar-refractivity contribution in [3.63, 3.8) is 0 Å². The van der Waals surface area contributed by atoms with Crippen LogP contribution in [0.15, 0.2) is 35.5 Å². The summed E-state index contributed by atoms with van der Waals surface area (Å²) in [6.45, 7) is 0. The molecule has 2 rings (SSSR count). The normalized spacial score (nSPS) is 11.5. The van der Waals surface area contributed by atoms with Crippen molar-refractivity contribution in [3.8, 4) is 11.4 Å². The molecule has 0 saturated carbocycles. The molecule has 0 aliphatic rings. The second-order valence-electron chi connectivity index (χ2n) is 2.84. The summed E-state index contributed by atoms with van der Waals surface area (Å²) in [5.74, 6) is 0.445. The monoisotopic (exact) mass is 225 g/mol. The predicted octanol–water partition coefficient (Wildman–Crippen LogP) is 0.718. The van der Waals surface area contributed by atoms with Crippen molar-refractivity contribution < 1.29 is 13.0 Å². The molecule has 0 atom stereocenters. The molecule has 0 aliphatic heterocycles. The van der Waals surface area contributed by atoms with E-state index in [1.54, 1.807) is 6.07 Å². The van der Waals surface area contributed by atoms with E-state index in [4.69, 9.17) is 4.55 Å². The molecular weight excluding hydrogens is 218 g/mol. The van der Waals surface area contributed by atoms with E-state index in [9.17, 15) is 8.42 Å². The highest BCUT2D eigenvalue weighted by atomic mass is 32.2. The number of hydrogen-bond donors (Lipinski definition) is 2. The smallest absolute Gasteiger partial charge is 0.282 e. The van der Waals surface area contributed by atoms with Gasteiger partial charge in [-0.15, -0.1) is 0 Å². The zero-order valence-corrected chi connectivity index (χ0v) is 8.27. The maximum Gasteiger partial charge on any atom is 0.294 e. The Hall–Kier alpha value is -1.73. The first-order valence-corrected chi connectivity index (χ1v) is 5.45. The number of hydrogen-bond acceptors (Lipinski definition) is 4. The van der Waals surface area contributed by atoms with Crippen LogP contribution in [0.5, 0.6) is 0 Å². The standard InChI is InChI=1S/C8H7N3O3S/c12-15(13,14)7-3-1-2-6(4-7)8-9-5-10-11-8/h1-5H,(H,9,10,11)(H,12,13,14). The van der Waals surface area contributed by atoms with E-state index in [0.29, 0.717) is 11.4 Å². The topological polar surface area (TPSA) is 95.9 Å². The third kappa shape index (κ3) is 2.03. The van der Waals surface area contributed by atoms with Crippen LogP contribution in [0.3, 0.4) is 0 Å². The first-order chi connectivity index (χ1) is 7.07. The summed E-state index contributed by atoms with van der Waals surface area (Å²) in [5, 5.41) is 6.24. The summed E-state index contributed by atoms with van der Waals surface area (Å²) >= 11 is 0. The molecule has 1 aromatic heterocycles. The predicted molar refractivity (Wildman–Crippen MR) is 51.6 cm³/mol. The SMILES string of the molecule is O=S(=O)(O)c1cccc(-c2ncn[nH]2)c1. The van der Waals surface area contributed by atoms with Gasteiger partial charge in [-0.3, -0.25) is 9.65 Å². The molecule has 0 amide bonds. The van der Waals surface area contributed by atoms with Gasteiger partial charge in [-0.2, -0.15) is 13.5 Å². The minimum absolute atomic E-state index is 0.170. The van der Waals surface area contributed by atoms with E-state index in [0.717, 1.165) is 0 Å². The molecule has 0 fully saturated rings. The highest BCUT2D eigenvalue weighted by Gasteiger charge is 2.10. The Morgan fingerprint density at radius 3 is 2.73 bits per heavy atom. The molecule has 6 nitrogen and oxygen atoms in total. The average Bonchev–Trinajstić information content (AvgIpc) is 2.69. The zero-order chi connectivity index (χ0) is 10.9. The van der Waals surface area contributed by atoms with E-state index >= 15 is 0 Å². The Morgan fingerprint density at radius 1 is 1.33 bits per heavy atom. The van der Waals surface area contributed by atoms with Gasteiger partial charge in [-0.25, -0.2) is 4.98 Å². The lowest BCUT2D eigenvalue weighted by Crippen LogP contribution is -1.97. The van der Waals surface area contributed by atoms with E-state index < -0.39 is 10.1 Å². The highest BCUT2D eigenvalue weighted by Crippen LogP contribution is 2.18. The van der Waals surface area contributed by atoms with Crippen LogP contribution >= 0.6 is 0 Å². The van der Waals surface area contributed by atoms with Crippen molar-refractivity contribution in [2.45, 2.75) is 4.90 Å². The van der Waals surface area contributed by atoms with Crippen molar-refractivity contribution in [1.82, 2.24) is 15.2 Å². The lowest BCUT2D eigenvalue weighted by atomic mass is 10.2. The molecular formula is C8H7N3O3S. The molecule has 7 heteroatoms. The molecule has 2 N–H and O–H groups in total. The molecule has 0 spiro atoms. The van der Waals surface area contributed by atoms with Crippen molar-refractivity contribution in [2.75, 3.05) is 0 Å². The Bertz CT molecular complexity index is 563. The first-order valence-electron chi connectivity index (χ1n) is 4.01. The van der Waals surface area contributed by atoms with E-state index in [1.807, 2.05) is 0 Å². The number of H-pyrrole nitrogens is 1. The number of nitrogens with zero attached hydrogens (tertiary/aromatic N) is 2. The quantitative estimate of drug-likeness (QED) is 0.734. The van der Waals surface area contributed by atoms with Gasteiger partial charge in [0.25, 0.3) is 10.1 Å². The lowest BCUT2D eigenvalue weighted by Gasteiger charge is -1.99. The van der Waals surface area contributed by atoms with Crippen LogP contribution in [0.4, 0.5) is 0 Å². The summed E-state index contributed by atoms with van der Waals surface area (Å²) in [6, 6.07) is 5.79. The van der Waals surface area contributed by atoms with Gasteiger partial charge >= 0.3 is 0 Å². The average molecular weight is 225 g/mol. The molecule has 2 aromatic rings. The van der Waals surface area contributed by atoms with Crippen LogP contribution in [0, 0.1) is 0 Å². The lowest BCUT2D eigenvalue weighted by molar-refractivity contribution is 0.483. The fourth-order valence-electron chi connectivity index (χ4n) is 1.15. The van der Waals surface area contributed by atoms with Crippen molar-refractivity contribution in [2.24, 2.45) is 0 Å².